The van der Waals surface area contributed by atoms with Crippen LogP contribution in [-0.2, 0) is 11.3 Å². The summed E-state index contributed by atoms with van der Waals surface area (Å²) in [5.74, 6) is -0.440. The Hall–Kier alpha value is -2.33. The van der Waals surface area contributed by atoms with Crippen LogP contribution in [0.1, 0.15) is 15.9 Å². The van der Waals surface area contributed by atoms with Crippen molar-refractivity contribution in [3.63, 3.8) is 0 Å². The third-order valence-electron chi connectivity index (χ3n) is 3.23. The van der Waals surface area contributed by atoms with E-state index in [0.29, 0.717) is 17.1 Å². The second-order valence-corrected chi connectivity index (χ2v) is 5.30. The maximum Gasteiger partial charge on any atom is 0.251 e. The van der Waals surface area contributed by atoms with Crippen molar-refractivity contribution in [1.82, 2.24) is 10.2 Å². The van der Waals surface area contributed by atoms with E-state index < -0.39 is 0 Å². The van der Waals surface area contributed by atoms with Crippen LogP contribution in [0.25, 0.3) is 0 Å². The monoisotopic (exact) mass is 316 g/mol. The lowest BCUT2D eigenvalue weighted by Gasteiger charge is -2.18. The van der Waals surface area contributed by atoms with Crippen LogP contribution >= 0.6 is 11.6 Å². The van der Waals surface area contributed by atoms with Crippen molar-refractivity contribution in [2.45, 2.75) is 6.54 Å². The maximum absolute atomic E-state index is 12.1. The number of rotatable bonds is 5. The molecule has 0 fully saturated rings. The summed E-state index contributed by atoms with van der Waals surface area (Å²) in [6.45, 7) is 0.356. The Labute approximate surface area is 134 Å². The second-order valence-electron chi connectivity index (χ2n) is 4.89. The molecule has 2 rings (SSSR count). The van der Waals surface area contributed by atoms with E-state index in [-0.39, 0.29) is 18.4 Å². The summed E-state index contributed by atoms with van der Waals surface area (Å²) in [7, 11) is 1.68. The molecule has 5 heteroatoms. The van der Waals surface area contributed by atoms with Crippen LogP contribution in [0.4, 0.5) is 0 Å². The van der Waals surface area contributed by atoms with Gasteiger partial charge in [0.2, 0.25) is 5.91 Å². The van der Waals surface area contributed by atoms with Gasteiger partial charge in [-0.3, -0.25) is 9.59 Å². The van der Waals surface area contributed by atoms with Gasteiger partial charge in [0, 0.05) is 24.2 Å². The number of carbonyl (C=O) groups is 2. The summed E-state index contributed by atoms with van der Waals surface area (Å²) >= 11 is 6.07. The molecule has 0 radical (unpaired) electrons. The van der Waals surface area contributed by atoms with Crippen molar-refractivity contribution in [2.75, 3.05) is 13.6 Å². The molecule has 22 heavy (non-hydrogen) atoms. The highest BCUT2D eigenvalue weighted by Crippen LogP contribution is 2.16. The van der Waals surface area contributed by atoms with Crippen LogP contribution in [0.15, 0.2) is 54.6 Å². The molecule has 0 atom stereocenters. The first kappa shape index (κ1) is 16.0. The fourth-order valence-corrected chi connectivity index (χ4v) is 2.15. The highest BCUT2D eigenvalue weighted by molar-refractivity contribution is 6.31. The smallest absolute Gasteiger partial charge is 0.251 e. The van der Waals surface area contributed by atoms with E-state index >= 15 is 0 Å². The van der Waals surface area contributed by atoms with E-state index in [9.17, 15) is 9.59 Å². The molecule has 0 bridgehead atoms. The van der Waals surface area contributed by atoms with Gasteiger partial charge in [0.1, 0.15) is 0 Å². The van der Waals surface area contributed by atoms with Gasteiger partial charge in [0.25, 0.3) is 5.91 Å². The highest BCUT2D eigenvalue weighted by atomic mass is 35.5. The molecular weight excluding hydrogens is 300 g/mol. The zero-order valence-electron chi connectivity index (χ0n) is 12.3. The number of carbonyl (C=O) groups excluding carboxylic acids is 2. The number of amides is 2. The predicted octanol–water partition coefficient (Wildman–Crippen LogP) is 2.73. The lowest BCUT2D eigenvalue weighted by molar-refractivity contribution is -0.129. The fraction of sp³-hybridized carbons (Fsp3) is 0.176. The average molecular weight is 317 g/mol. The van der Waals surface area contributed by atoms with Crippen molar-refractivity contribution < 1.29 is 9.59 Å². The van der Waals surface area contributed by atoms with Crippen molar-refractivity contribution in [2.24, 2.45) is 0 Å². The predicted molar refractivity (Wildman–Crippen MR) is 86.7 cm³/mol. The molecule has 0 aromatic heterocycles. The third kappa shape index (κ3) is 4.33. The molecule has 4 nitrogen and oxygen atoms in total. The first-order chi connectivity index (χ1) is 10.6. The van der Waals surface area contributed by atoms with Crippen molar-refractivity contribution >= 4 is 23.4 Å². The lowest BCUT2D eigenvalue weighted by atomic mass is 10.2. The van der Waals surface area contributed by atoms with Gasteiger partial charge in [-0.1, -0.05) is 48.0 Å². The van der Waals surface area contributed by atoms with Gasteiger partial charge in [-0.05, 0) is 23.8 Å². The normalized spacial score (nSPS) is 10.1. The van der Waals surface area contributed by atoms with E-state index in [1.54, 1.807) is 37.4 Å². The summed E-state index contributed by atoms with van der Waals surface area (Å²) < 4.78 is 0. The van der Waals surface area contributed by atoms with E-state index in [1.165, 1.54) is 4.90 Å². The molecule has 2 amide bonds. The highest BCUT2D eigenvalue weighted by Gasteiger charge is 2.12. The fourth-order valence-electron chi connectivity index (χ4n) is 1.95. The van der Waals surface area contributed by atoms with Crippen molar-refractivity contribution in [3.05, 3.63) is 70.7 Å². The van der Waals surface area contributed by atoms with Crippen molar-refractivity contribution in [1.29, 1.82) is 0 Å². The third-order valence-corrected chi connectivity index (χ3v) is 3.60. The standard InChI is InChI=1S/C17H17ClN2O2/c1-20(12-14-9-5-6-10-15(14)18)16(21)11-19-17(22)13-7-3-2-4-8-13/h2-10H,11-12H2,1H3,(H,19,22). The van der Waals surface area contributed by atoms with Gasteiger partial charge in [0.05, 0.1) is 6.54 Å². The van der Waals surface area contributed by atoms with E-state index in [4.69, 9.17) is 11.6 Å². The van der Waals surface area contributed by atoms with Gasteiger partial charge in [-0.2, -0.15) is 0 Å². The molecule has 2 aromatic carbocycles. The zero-order valence-corrected chi connectivity index (χ0v) is 13.0. The zero-order chi connectivity index (χ0) is 15.9. The summed E-state index contributed by atoms with van der Waals surface area (Å²) in [5, 5.41) is 3.24. The number of hydrogen-bond donors (Lipinski definition) is 1. The minimum atomic E-state index is -0.264. The Balaban J connectivity index is 1.87. The minimum Gasteiger partial charge on any atom is -0.343 e. The number of nitrogens with one attached hydrogen (secondary N) is 1. The molecule has 0 unspecified atom stereocenters. The molecule has 1 N–H and O–H groups in total. The first-order valence-corrected chi connectivity index (χ1v) is 7.26. The Bertz CT molecular complexity index is 659. The van der Waals surface area contributed by atoms with Crippen LogP contribution < -0.4 is 5.32 Å². The van der Waals surface area contributed by atoms with Crippen LogP contribution in [0.5, 0.6) is 0 Å². The summed E-state index contributed by atoms with van der Waals surface area (Å²) in [5.41, 5.74) is 1.40. The average Bonchev–Trinajstić information content (AvgIpc) is 2.55. The van der Waals surface area contributed by atoms with Gasteiger partial charge >= 0.3 is 0 Å². The summed E-state index contributed by atoms with van der Waals surface area (Å²) in [6.07, 6.45) is 0. The maximum atomic E-state index is 12.1. The molecule has 0 aliphatic heterocycles. The van der Waals surface area contributed by atoms with E-state index in [1.807, 2.05) is 24.3 Å². The quantitative estimate of drug-likeness (QED) is 0.922. The van der Waals surface area contributed by atoms with E-state index in [0.717, 1.165) is 5.56 Å². The Morgan fingerprint density at radius 3 is 2.36 bits per heavy atom. The van der Waals surface area contributed by atoms with E-state index in [2.05, 4.69) is 5.32 Å². The Morgan fingerprint density at radius 2 is 1.68 bits per heavy atom. The van der Waals surface area contributed by atoms with Crippen molar-refractivity contribution in [3.8, 4) is 0 Å². The molecule has 0 aliphatic rings. The Morgan fingerprint density at radius 1 is 1.05 bits per heavy atom. The van der Waals surface area contributed by atoms with Gasteiger partial charge in [0.15, 0.2) is 0 Å². The molecule has 0 heterocycles. The molecule has 114 valence electrons. The number of hydrogen-bond acceptors (Lipinski definition) is 2. The van der Waals surface area contributed by atoms with Crippen LogP contribution in [0, 0.1) is 0 Å². The topological polar surface area (TPSA) is 49.4 Å². The summed E-state index contributed by atoms with van der Waals surface area (Å²) in [4.78, 5) is 25.5. The molecule has 0 saturated heterocycles. The Kier molecular flexibility index (Phi) is 5.55. The lowest BCUT2D eigenvalue weighted by Crippen LogP contribution is -2.37. The first-order valence-electron chi connectivity index (χ1n) is 6.88. The molecule has 0 saturated carbocycles. The summed E-state index contributed by atoms with van der Waals surface area (Å²) in [6, 6.07) is 16.2. The number of nitrogens with zero attached hydrogens (tertiary/aromatic N) is 1. The van der Waals surface area contributed by atoms with Crippen LogP contribution in [-0.4, -0.2) is 30.3 Å². The number of halogens is 1. The molecule has 2 aromatic rings. The molecule has 0 aliphatic carbocycles. The largest absolute Gasteiger partial charge is 0.343 e. The van der Waals surface area contributed by atoms with Gasteiger partial charge in [-0.25, -0.2) is 0 Å². The van der Waals surface area contributed by atoms with Crippen LogP contribution in [0.3, 0.4) is 0 Å². The SMILES string of the molecule is CN(Cc1ccccc1Cl)C(=O)CNC(=O)c1ccccc1. The van der Waals surface area contributed by atoms with Crippen LogP contribution in [0.2, 0.25) is 5.02 Å². The molecule has 0 spiro atoms. The minimum absolute atomic E-state index is 0.0469. The molecular formula is C17H17ClN2O2. The number of benzene rings is 2. The second kappa shape index (κ2) is 7.61. The van der Waals surface area contributed by atoms with Gasteiger partial charge in [-0.15, -0.1) is 0 Å². The van der Waals surface area contributed by atoms with Gasteiger partial charge < -0.3 is 10.2 Å². The number of likely N-dealkylation sites (N-methyl/N-ethyl adjacent to an activating group) is 1.